The predicted molar refractivity (Wildman–Crippen MR) is 116 cm³/mol. The fourth-order valence-corrected chi connectivity index (χ4v) is 7.12. The Morgan fingerprint density at radius 2 is 1.97 bits per heavy atom. The molecule has 1 saturated heterocycles. The van der Waals surface area contributed by atoms with E-state index in [0.717, 1.165) is 42.8 Å². The minimum absolute atomic E-state index is 0.00202. The van der Waals surface area contributed by atoms with Gasteiger partial charge < -0.3 is 14.9 Å². The third-order valence-corrected chi connectivity index (χ3v) is 8.83. The number of rotatable bonds is 6. The monoisotopic (exact) mass is 451 g/mol. The number of phenols is 1. The van der Waals surface area contributed by atoms with Gasteiger partial charge in [-0.05, 0) is 75.0 Å². The fraction of sp³-hybridized carbons (Fsp3) is 0.739. The summed E-state index contributed by atoms with van der Waals surface area (Å²) >= 11 is 0. The molecule has 1 aromatic carbocycles. The number of benzene rings is 1. The van der Waals surface area contributed by atoms with Gasteiger partial charge in [0, 0.05) is 23.6 Å². The molecule has 3 aliphatic carbocycles. The number of aliphatic hydroxyl groups is 1. The van der Waals surface area contributed by atoms with Gasteiger partial charge >= 0.3 is 0 Å². The van der Waals surface area contributed by atoms with Crippen LogP contribution < -0.4 is 4.74 Å². The summed E-state index contributed by atoms with van der Waals surface area (Å²) < 4.78 is 33.7. The van der Waals surface area contributed by atoms with Crippen molar-refractivity contribution in [3.63, 3.8) is 0 Å². The smallest absolute Gasteiger partial charge is 0.264 e. The highest BCUT2D eigenvalue weighted by atomic mass is 32.2. The molecule has 0 amide bonds. The third-order valence-electron chi connectivity index (χ3n) is 8.26. The zero-order valence-corrected chi connectivity index (χ0v) is 19.2. The van der Waals surface area contributed by atoms with E-state index < -0.39 is 21.1 Å². The molecule has 1 heterocycles. The maximum Gasteiger partial charge on any atom is 0.264 e. The highest BCUT2D eigenvalue weighted by Crippen LogP contribution is 2.62. The second kappa shape index (κ2) is 7.33. The van der Waals surface area contributed by atoms with Crippen LogP contribution in [0.2, 0.25) is 0 Å². The minimum atomic E-state index is -3.53. The number of phenolic OH excluding ortho intramolecular Hbond substituents is 1. The zero-order valence-electron chi connectivity index (χ0n) is 18.3. The van der Waals surface area contributed by atoms with Crippen molar-refractivity contribution in [3.05, 3.63) is 23.3 Å². The molecule has 4 aliphatic rings. The number of hydrogen-bond donors (Lipinski definition) is 2. The number of methoxy groups -OCH3 is 1. The first-order chi connectivity index (χ1) is 14.7. The second-order valence-electron chi connectivity index (χ2n) is 10.2. The Morgan fingerprint density at radius 1 is 1.19 bits per heavy atom. The van der Waals surface area contributed by atoms with Gasteiger partial charge in [-0.3, -0.25) is 9.08 Å². The first-order valence-corrected chi connectivity index (χ1v) is 13.2. The van der Waals surface area contributed by atoms with Gasteiger partial charge in [0.2, 0.25) is 0 Å². The van der Waals surface area contributed by atoms with E-state index in [0.29, 0.717) is 31.4 Å². The van der Waals surface area contributed by atoms with Crippen molar-refractivity contribution in [1.29, 1.82) is 0 Å². The van der Waals surface area contributed by atoms with Gasteiger partial charge in [-0.1, -0.05) is 6.07 Å². The summed E-state index contributed by atoms with van der Waals surface area (Å²) in [6.07, 6.45) is 6.94. The van der Waals surface area contributed by atoms with Gasteiger partial charge in [0.05, 0.1) is 25.6 Å². The van der Waals surface area contributed by atoms with Crippen LogP contribution in [0.25, 0.3) is 0 Å². The van der Waals surface area contributed by atoms with Gasteiger partial charge in [0.15, 0.2) is 11.5 Å². The summed E-state index contributed by atoms with van der Waals surface area (Å²) in [7, 11) is -1.99. The molecule has 8 heteroatoms. The molecule has 0 aromatic heterocycles. The van der Waals surface area contributed by atoms with Gasteiger partial charge in [-0.15, -0.1) is 0 Å². The molecule has 172 valence electrons. The van der Waals surface area contributed by atoms with Crippen LogP contribution in [0.4, 0.5) is 0 Å². The fourth-order valence-electron chi connectivity index (χ4n) is 6.68. The summed E-state index contributed by atoms with van der Waals surface area (Å²) in [5.74, 6) is 1.28. The molecule has 31 heavy (non-hydrogen) atoms. The van der Waals surface area contributed by atoms with Crippen LogP contribution in [0.15, 0.2) is 12.1 Å². The summed E-state index contributed by atoms with van der Waals surface area (Å²) in [5, 5.41) is 23.5. The highest BCUT2D eigenvalue weighted by Gasteiger charge is 2.65. The topological polar surface area (TPSA) is 96.3 Å². The van der Waals surface area contributed by atoms with Crippen molar-refractivity contribution in [1.82, 2.24) is 4.90 Å². The number of hydrogen-bond acceptors (Lipinski definition) is 7. The minimum Gasteiger partial charge on any atom is -0.504 e. The first-order valence-electron chi connectivity index (χ1n) is 11.4. The first kappa shape index (κ1) is 21.5. The molecule has 5 rings (SSSR count). The highest BCUT2D eigenvalue weighted by molar-refractivity contribution is 7.85. The molecule has 1 aliphatic heterocycles. The van der Waals surface area contributed by atoms with Gasteiger partial charge in [-0.2, -0.15) is 8.42 Å². The molecule has 2 saturated carbocycles. The van der Waals surface area contributed by atoms with Crippen molar-refractivity contribution in [2.45, 2.75) is 62.0 Å². The molecule has 2 N–H and O–H groups in total. The maximum absolute atomic E-state index is 12.3. The van der Waals surface area contributed by atoms with Crippen LogP contribution in [0, 0.1) is 11.8 Å². The third kappa shape index (κ3) is 3.46. The van der Waals surface area contributed by atoms with Crippen molar-refractivity contribution in [3.8, 4) is 11.5 Å². The molecule has 0 spiro atoms. The largest absolute Gasteiger partial charge is 0.504 e. The van der Waals surface area contributed by atoms with Crippen LogP contribution in [-0.4, -0.2) is 68.2 Å². The van der Waals surface area contributed by atoms with E-state index in [1.807, 2.05) is 12.1 Å². The molecule has 1 aromatic rings. The predicted octanol–water partition coefficient (Wildman–Crippen LogP) is 2.19. The van der Waals surface area contributed by atoms with Crippen molar-refractivity contribution < 1.29 is 27.6 Å². The molecule has 3 fully saturated rings. The van der Waals surface area contributed by atoms with Crippen molar-refractivity contribution in [2.75, 3.05) is 33.1 Å². The summed E-state index contributed by atoms with van der Waals surface area (Å²) in [4.78, 5) is 2.48. The summed E-state index contributed by atoms with van der Waals surface area (Å²) in [6, 6.07) is 3.85. The molecule has 4 atom stereocenters. The molecular weight excluding hydrogens is 418 g/mol. The lowest BCUT2D eigenvalue weighted by Crippen LogP contribution is -2.73. The number of aromatic hydroxyl groups is 1. The Balaban J connectivity index is 1.57. The van der Waals surface area contributed by atoms with E-state index >= 15 is 0 Å². The lowest BCUT2D eigenvalue weighted by atomic mass is 9.48. The Hall–Kier alpha value is -1.35. The van der Waals surface area contributed by atoms with Gasteiger partial charge in [-0.25, -0.2) is 0 Å². The van der Waals surface area contributed by atoms with Crippen LogP contribution in [0.5, 0.6) is 11.5 Å². The quantitative estimate of drug-likeness (QED) is 0.640. The number of likely N-dealkylation sites (tertiary alicyclic amines) is 1. The van der Waals surface area contributed by atoms with E-state index in [9.17, 15) is 18.6 Å². The van der Waals surface area contributed by atoms with Crippen LogP contribution in [0.3, 0.4) is 0 Å². The maximum atomic E-state index is 12.3. The molecule has 0 radical (unpaired) electrons. The van der Waals surface area contributed by atoms with E-state index in [4.69, 9.17) is 8.92 Å². The number of piperidine rings is 1. The van der Waals surface area contributed by atoms with Crippen LogP contribution in [-0.2, 0) is 26.1 Å². The number of nitrogens with zero attached hydrogens (tertiary/aromatic N) is 1. The standard InChI is InChI=1S/C23H33NO6S/c1-29-18-6-5-17-11-19-23(26)8-7-16(14-30-31(2,27)28)12-22(23,20(17)21(18)25)9-10-24(19)13-15-3-4-15/h5-6,15-16,19,25-26H,3-4,7-14H2,1-2H3/t16-,19-,22-,23+/m0/s1. The normalized spacial score (nSPS) is 35.3. The van der Waals surface area contributed by atoms with E-state index in [1.165, 1.54) is 12.8 Å². The summed E-state index contributed by atoms with van der Waals surface area (Å²) in [6.45, 7) is 2.02. The lowest BCUT2D eigenvalue weighted by molar-refractivity contribution is -0.177. The molecule has 7 nitrogen and oxygen atoms in total. The molecule has 2 bridgehead atoms. The second-order valence-corrected chi connectivity index (χ2v) is 11.8. The average Bonchev–Trinajstić information content (AvgIpc) is 3.52. The lowest BCUT2D eigenvalue weighted by Gasteiger charge is -2.64. The molecular formula is C23H33NO6S. The van der Waals surface area contributed by atoms with Crippen LogP contribution >= 0.6 is 0 Å². The Bertz CT molecular complexity index is 977. The van der Waals surface area contributed by atoms with E-state index in [-0.39, 0.29) is 24.3 Å². The SMILES string of the molecule is COc1ccc2c(c1O)[C@@]13CCN(CC4CC4)[C@@H](C2)[C@]1(O)CC[C@H](COS(C)(=O)=O)C3. The average molecular weight is 452 g/mol. The number of fused-ring (bicyclic) bond motifs is 1. The van der Waals surface area contributed by atoms with Crippen molar-refractivity contribution >= 4 is 10.1 Å². The Kier molecular flexibility index (Phi) is 5.08. The Labute approximate surface area is 184 Å². The van der Waals surface area contributed by atoms with Crippen LogP contribution in [0.1, 0.15) is 49.7 Å². The van der Waals surface area contributed by atoms with E-state index in [2.05, 4.69) is 4.90 Å². The Morgan fingerprint density at radius 3 is 2.65 bits per heavy atom. The number of ether oxygens (including phenoxy) is 1. The van der Waals surface area contributed by atoms with E-state index in [1.54, 1.807) is 7.11 Å². The molecule has 0 unspecified atom stereocenters. The van der Waals surface area contributed by atoms with Crippen molar-refractivity contribution in [2.24, 2.45) is 11.8 Å². The van der Waals surface area contributed by atoms with Gasteiger partial charge in [0.25, 0.3) is 10.1 Å². The zero-order chi connectivity index (χ0) is 22.0. The van der Waals surface area contributed by atoms with Gasteiger partial charge in [0.1, 0.15) is 0 Å². The summed E-state index contributed by atoms with van der Waals surface area (Å²) in [5.41, 5.74) is 0.283.